The second-order valence-corrected chi connectivity index (χ2v) is 2.00. The highest BCUT2D eigenvalue weighted by Crippen LogP contribution is 2.03. The SMILES string of the molecule is O=C1CCCC(=O)OCO1. The minimum Gasteiger partial charge on any atom is -0.428 e. The minimum absolute atomic E-state index is 0.225. The average Bonchev–Trinajstić information content (AvgIpc) is 1.84. The second-order valence-electron chi connectivity index (χ2n) is 2.00. The van der Waals surface area contributed by atoms with E-state index in [1.807, 2.05) is 0 Å². The van der Waals surface area contributed by atoms with Crippen molar-refractivity contribution in [2.75, 3.05) is 6.79 Å². The Morgan fingerprint density at radius 1 is 1.00 bits per heavy atom. The molecule has 0 aromatic heterocycles. The van der Waals surface area contributed by atoms with Crippen LogP contribution >= 0.6 is 0 Å². The van der Waals surface area contributed by atoms with Gasteiger partial charge in [-0.1, -0.05) is 0 Å². The van der Waals surface area contributed by atoms with Crippen LogP contribution in [-0.4, -0.2) is 18.7 Å². The van der Waals surface area contributed by atoms with Gasteiger partial charge in [-0.15, -0.1) is 0 Å². The fraction of sp³-hybridized carbons (Fsp3) is 0.667. The van der Waals surface area contributed by atoms with Gasteiger partial charge >= 0.3 is 11.9 Å². The summed E-state index contributed by atoms with van der Waals surface area (Å²) in [5.41, 5.74) is 0. The Bertz CT molecular complexity index is 122. The molecule has 0 radical (unpaired) electrons. The number of cyclic esters (lactones) is 2. The summed E-state index contributed by atoms with van der Waals surface area (Å²) in [5, 5.41) is 0. The highest BCUT2D eigenvalue weighted by Gasteiger charge is 2.11. The zero-order valence-electron chi connectivity index (χ0n) is 5.46. The van der Waals surface area contributed by atoms with Crippen molar-refractivity contribution in [2.45, 2.75) is 19.3 Å². The lowest BCUT2D eigenvalue weighted by Gasteiger charge is -2.08. The molecule has 1 heterocycles. The van der Waals surface area contributed by atoms with Gasteiger partial charge in [0, 0.05) is 12.8 Å². The number of esters is 2. The molecule has 1 saturated heterocycles. The molecule has 0 N–H and O–H groups in total. The van der Waals surface area contributed by atoms with Gasteiger partial charge in [-0.05, 0) is 6.42 Å². The summed E-state index contributed by atoms with van der Waals surface area (Å²) in [6.45, 7) is -0.225. The Morgan fingerprint density at radius 2 is 1.50 bits per heavy atom. The number of ether oxygens (including phenoxy) is 2. The molecule has 0 spiro atoms. The highest BCUT2D eigenvalue weighted by molar-refractivity contribution is 5.73. The quantitative estimate of drug-likeness (QED) is 0.456. The summed E-state index contributed by atoms with van der Waals surface area (Å²) in [7, 11) is 0. The van der Waals surface area contributed by atoms with E-state index in [2.05, 4.69) is 9.47 Å². The van der Waals surface area contributed by atoms with Crippen molar-refractivity contribution in [3.05, 3.63) is 0 Å². The Kier molecular flexibility index (Phi) is 2.25. The van der Waals surface area contributed by atoms with Crippen LogP contribution in [0.15, 0.2) is 0 Å². The maximum Gasteiger partial charge on any atom is 0.308 e. The van der Waals surface area contributed by atoms with Gasteiger partial charge in [-0.2, -0.15) is 0 Å². The van der Waals surface area contributed by atoms with Crippen molar-refractivity contribution in [1.82, 2.24) is 0 Å². The van der Waals surface area contributed by atoms with Crippen molar-refractivity contribution in [3.8, 4) is 0 Å². The summed E-state index contributed by atoms with van der Waals surface area (Å²) < 4.78 is 8.94. The molecule has 0 aromatic carbocycles. The van der Waals surface area contributed by atoms with E-state index in [0.29, 0.717) is 19.3 Å². The van der Waals surface area contributed by atoms with Gasteiger partial charge in [-0.25, -0.2) is 0 Å². The maximum atomic E-state index is 10.5. The molecule has 10 heavy (non-hydrogen) atoms. The molecule has 0 aliphatic carbocycles. The number of rotatable bonds is 0. The lowest BCUT2D eigenvalue weighted by Crippen LogP contribution is -2.16. The van der Waals surface area contributed by atoms with E-state index in [-0.39, 0.29) is 18.7 Å². The first-order valence-electron chi connectivity index (χ1n) is 3.10. The van der Waals surface area contributed by atoms with Crippen molar-refractivity contribution in [1.29, 1.82) is 0 Å². The number of hydrogen-bond donors (Lipinski definition) is 0. The van der Waals surface area contributed by atoms with Crippen molar-refractivity contribution in [2.24, 2.45) is 0 Å². The molecular formula is C6H8O4. The molecule has 0 aromatic rings. The molecule has 4 nitrogen and oxygen atoms in total. The molecule has 0 atom stereocenters. The molecule has 1 rings (SSSR count). The van der Waals surface area contributed by atoms with Crippen molar-refractivity contribution in [3.63, 3.8) is 0 Å². The topological polar surface area (TPSA) is 52.6 Å². The van der Waals surface area contributed by atoms with Gasteiger partial charge in [-0.3, -0.25) is 9.59 Å². The van der Waals surface area contributed by atoms with E-state index >= 15 is 0 Å². The van der Waals surface area contributed by atoms with Crippen LogP contribution in [0.2, 0.25) is 0 Å². The van der Waals surface area contributed by atoms with E-state index in [0.717, 1.165) is 0 Å². The van der Waals surface area contributed by atoms with Crippen molar-refractivity contribution < 1.29 is 19.1 Å². The zero-order chi connectivity index (χ0) is 7.40. The van der Waals surface area contributed by atoms with Crippen LogP contribution in [0.4, 0.5) is 0 Å². The van der Waals surface area contributed by atoms with Gasteiger partial charge in [0.25, 0.3) is 0 Å². The van der Waals surface area contributed by atoms with Crippen LogP contribution in [0, 0.1) is 0 Å². The second kappa shape index (κ2) is 3.20. The summed E-state index contributed by atoms with van der Waals surface area (Å²) in [5.74, 6) is -0.597. The third-order valence-electron chi connectivity index (χ3n) is 1.20. The Balaban J connectivity index is 2.34. The Labute approximate surface area is 58.1 Å². The highest BCUT2D eigenvalue weighted by atomic mass is 16.7. The van der Waals surface area contributed by atoms with Crippen LogP contribution in [0.25, 0.3) is 0 Å². The van der Waals surface area contributed by atoms with Crippen LogP contribution in [0.3, 0.4) is 0 Å². The van der Waals surface area contributed by atoms with Gasteiger partial charge in [0.15, 0.2) is 0 Å². The smallest absolute Gasteiger partial charge is 0.308 e. The maximum absolute atomic E-state index is 10.5. The van der Waals surface area contributed by atoms with Crippen molar-refractivity contribution >= 4 is 11.9 Å². The average molecular weight is 144 g/mol. The first-order valence-corrected chi connectivity index (χ1v) is 3.10. The third kappa shape index (κ3) is 2.05. The molecule has 1 fully saturated rings. The van der Waals surface area contributed by atoms with E-state index in [1.54, 1.807) is 0 Å². The normalized spacial score (nSPS) is 20.4. The lowest BCUT2D eigenvalue weighted by molar-refractivity contribution is -0.170. The molecule has 0 amide bonds. The molecular weight excluding hydrogens is 136 g/mol. The molecule has 0 saturated carbocycles. The Hall–Kier alpha value is -1.06. The number of hydrogen-bond acceptors (Lipinski definition) is 4. The fourth-order valence-electron chi connectivity index (χ4n) is 0.682. The molecule has 56 valence electrons. The third-order valence-corrected chi connectivity index (χ3v) is 1.20. The van der Waals surface area contributed by atoms with Crippen LogP contribution < -0.4 is 0 Å². The minimum atomic E-state index is -0.299. The first kappa shape index (κ1) is 7.05. The monoisotopic (exact) mass is 144 g/mol. The van der Waals surface area contributed by atoms with E-state index in [9.17, 15) is 9.59 Å². The summed E-state index contributed by atoms with van der Waals surface area (Å²) in [6.07, 6.45) is 1.15. The summed E-state index contributed by atoms with van der Waals surface area (Å²) in [6, 6.07) is 0. The fourth-order valence-corrected chi connectivity index (χ4v) is 0.682. The van der Waals surface area contributed by atoms with E-state index in [1.165, 1.54) is 0 Å². The molecule has 1 aliphatic heterocycles. The summed E-state index contributed by atoms with van der Waals surface area (Å²) in [4.78, 5) is 21.1. The number of carbonyl (C=O) groups is 2. The molecule has 1 aliphatic rings. The van der Waals surface area contributed by atoms with Crippen LogP contribution in [-0.2, 0) is 19.1 Å². The summed E-state index contributed by atoms with van der Waals surface area (Å²) >= 11 is 0. The first-order chi connectivity index (χ1) is 4.79. The van der Waals surface area contributed by atoms with E-state index < -0.39 is 0 Å². The van der Waals surface area contributed by atoms with Crippen LogP contribution in [0.5, 0.6) is 0 Å². The number of carbonyl (C=O) groups excluding carboxylic acids is 2. The van der Waals surface area contributed by atoms with Gasteiger partial charge < -0.3 is 9.47 Å². The predicted molar refractivity (Wildman–Crippen MR) is 30.9 cm³/mol. The van der Waals surface area contributed by atoms with Gasteiger partial charge in [0.05, 0.1) is 0 Å². The van der Waals surface area contributed by atoms with Gasteiger partial charge in [0.1, 0.15) is 0 Å². The predicted octanol–water partition coefficient (Wildman–Crippen LogP) is 0.214. The van der Waals surface area contributed by atoms with Crippen LogP contribution in [0.1, 0.15) is 19.3 Å². The molecule has 0 bridgehead atoms. The molecule has 4 heteroatoms. The molecule has 0 unspecified atom stereocenters. The standard InChI is InChI=1S/C6H8O4/c7-5-2-1-3-6(8)10-4-9-5/h1-4H2. The van der Waals surface area contributed by atoms with E-state index in [4.69, 9.17) is 0 Å². The Morgan fingerprint density at radius 3 is 2.00 bits per heavy atom. The van der Waals surface area contributed by atoms with Gasteiger partial charge in [0.2, 0.25) is 6.79 Å². The lowest BCUT2D eigenvalue weighted by atomic mass is 10.2. The zero-order valence-corrected chi connectivity index (χ0v) is 5.46. The largest absolute Gasteiger partial charge is 0.428 e.